The molecule has 1 aliphatic heterocycles. The molecule has 0 amide bonds. The van der Waals surface area contributed by atoms with Crippen molar-refractivity contribution in [3.63, 3.8) is 0 Å². The van der Waals surface area contributed by atoms with Crippen LogP contribution in [0.25, 0.3) is 0 Å². The van der Waals surface area contributed by atoms with Crippen LogP contribution in [0.1, 0.15) is 45.4 Å². The molecule has 1 fully saturated rings. The van der Waals surface area contributed by atoms with Gasteiger partial charge in [-0.1, -0.05) is 13.8 Å². The highest BCUT2D eigenvalue weighted by Gasteiger charge is 2.24. The zero-order valence-corrected chi connectivity index (χ0v) is 11.7. The molecular formula is C14H24N4. The number of hydrogen-bond acceptors (Lipinski definition) is 4. The molecule has 18 heavy (non-hydrogen) atoms. The van der Waals surface area contributed by atoms with Crippen molar-refractivity contribution in [1.82, 2.24) is 9.97 Å². The van der Waals surface area contributed by atoms with E-state index < -0.39 is 0 Å². The van der Waals surface area contributed by atoms with Crippen LogP contribution in [-0.4, -0.2) is 29.6 Å². The number of rotatable bonds is 5. The van der Waals surface area contributed by atoms with Crippen LogP contribution in [0.2, 0.25) is 0 Å². The van der Waals surface area contributed by atoms with Crippen molar-refractivity contribution in [1.29, 1.82) is 0 Å². The third-order valence-electron chi connectivity index (χ3n) is 3.63. The number of hydrogen-bond donors (Lipinski definition) is 1. The second-order valence-corrected chi connectivity index (χ2v) is 4.93. The van der Waals surface area contributed by atoms with Crippen molar-refractivity contribution in [3.05, 3.63) is 11.9 Å². The fraction of sp³-hybridized carbons (Fsp3) is 0.714. The summed E-state index contributed by atoms with van der Waals surface area (Å²) in [5, 5.41) is 3.14. The molecule has 4 nitrogen and oxygen atoms in total. The molecule has 1 unspecified atom stereocenters. The van der Waals surface area contributed by atoms with Gasteiger partial charge in [0, 0.05) is 32.1 Å². The quantitative estimate of drug-likeness (QED) is 0.870. The lowest BCUT2D eigenvalue weighted by Crippen LogP contribution is -2.29. The number of nitrogens with zero attached hydrogens (tertiary/aromatic N) is 3. The van der Waals surface area contributed by atoms with Gasteiger partial charge in [0.15, 0.2) is 0 Å². The van der Waals surface area contributed by atoms with Gasteiger partial charge in [0.05, 0.1) is 0 Å². The zero-order chi connectivity index (χ0) is 13.0. The molecule has 0 spiro atoms. The lowest BCUT2D eigenvalue weighted by molar-refractivity contribution is 0.638. The van der Waals surface area contributed by atoms with Gasteiger partial charge in [-0.25, -0.2) is 9.97 Å². The van der Waals surface area contributed by atoms with Gasteiger partial charge >= 0.3 is 0 Å². The summed E-state index contributed by atoms with van der Waals surface area (Å²) in [5.41, 5.74) is 0. The average molecular weight is 248 g/mol. The van der Waals surface area contributed by atoms with Crippen molar-refractivity contribution in [3.8, 4) is 0 Å². The number of anilines is 2. The number of aryl methyl sites for hydroxylation is 1. The van der Waals surface area contributed by atoms with E-state index in [0.717, 1.165) is 36.8 Å². The van der Waals surface area contributed by atoms with E-state index in [1.54, 1.807) is 0 Å². The Kier molecular flexibility index (Phi) is 4.39. The van der Waals surface area contributed by atoms with Crippen LogP contribution in [0.5, 0.6) is 0 Å². The summed E-state index contributed by atoms with van der Waals surface area (Å²) >= 11 is 0. The molecule has 0 aromatic carbocycles. The minimum absolute atomic E-state index is 0.652. The predicted octanol–water partition coefficient (Wildman–Crippen LogP) is 2.85. The molecule has 2 rings (SSSR count). The molecule has 100 valence electrons. The molecule has 1 atom stereocenters. The Balaban J connectivity index is 2.27. The van der Waals surface area contributed by atoms with Crippen LogP contribution < -0.4 is 10.2 Å². The first-order valence-electron chi connectivity index (χ1n) is 7.10. The molecule has 4 heteroatoms. The van der Waals surface area contributed by atoms with E-state index in [1.165, 1.54) is 19.3 Å². The van der Waals surface area contributed by atoms with Crippen molar-refractivity contribution in [2.45, 2.75) is 52.0 Å². The van der Waals surface area contributed by atoms with Gasteiger partial charge in [0.2, 0.25) is 0 Å². The Morgan fingerprint density at radius 3 is 2.89 bits per heavy atom. The van der Waals surface area contributed by atoms with Crippen LogP contribution in [0.4, 0.5) is 11.6 Å². The minimum Gasteiger partial charge on any atom is -0.373 e. The number of aromatic nitrogens is 2. The fourth-order valence-electron chi connectivity index (χ4n) is 2.66. The summed E-state index contributed by atoms with van der Waals surface area (Å²) in [6, 6.07) is 2.73. The van der Waals surface area contributed by atoms with Crippen molar-refractivity contribution < 1.29 is 0 Å². The Morgan fingerprint density at radius 2 is 2.22 bits per heavy atom. The zero-order valence-electron chi connectivity index (χ0n) is 11.7. The fourth-order valence-corrected chi connectivity index (χ4v) is 2.66. The van der Waals surface area contributed by atoms with Crippen molar-refractivity contribution >= 4 is 11.6 Å². The molecule has 2 heterocycles. The van der Waals surface area contributed by atoms with Crippen LogP contribution in [-0.2, 0) is 6.42 Å². The van der Waals surface area contributed by atoms with Gasteiger partial charge in [0.25, 0.3) is 0 Å². The molecule has 0 bridgehead atoms. The second kappa shape index (κ2) is 6.03. The molecule has 1 saturated heterocycles. The first kappa shape index (κ1) is 13.1. The van der Waals surface area contributed by atoms with E-state index in [4.69, 9.17) is 4.98 Å². The van der Waals surface area contributed by atoms with E-state index in [0.29, 0.717) is 6.04 Å². The molecular weight excluding hydrogens is 224 g/mol. The third-order valence-corrected chi connectivity index (χ3v) is 3.63. The standard InChI is InChI=1S/C14H24N4/c1-4-7-12-16-13(15-3)10-14(17-12)18-9-6-8-11(18)5-2/h10-11H,4-9H2,1-3H3,(H,15,16,17). The average Bonchev–Trinajstić information content (AvgIpc) is 2.87. The lowest BCUT2D eigenvalue weighted by atomic mass is 10.2. The van der Waals surface area contributed by atoms with Gasteiger partial charge < -0.3 is 10.2 Å². The lowest BCUT2D eigenvalue weighted by Gasteiger charge is -2.25. The van der Waals surface area contributed by atoms with Gasteiger partial charge in [-0.05, 0) is 25.7 Å². The molecule has 1 aromatic rings. The highest BCUT2D eigenvalue weighted by molar-refractivity contribution is 5.50. The summed E-state index contributed by atoms with van der Waals surface area (Å²) in [6.45, 7) is 5.56. The molecule has 1 aliphatic rings. The summed E-state index contributed by atoms with van der Waals surface area (Å²) < 4.78 is 0. The molecule has 0 saturated carbocycles. The highest BCUT2D eigenvalue weighted by atomic mass is 15.2. The first-order chi connectivity index (χ1) is 8.78. The summed E-state index contributed by atoms with van der Waals surface area (Å²) in [7, 11) is 1.92. The first-order valence-corrected chi connectivity index (χ1v) is 7.10. The minimum atomic E-state index is 0.652. The normalized spacial score (nSPS) is 19.3. The van der Waals surface area contributed by atoms with Gasteiger partial charge in [0.1, 0.15) is 17.5 Å². The highest BCUT2D eigenvalue weighted by Crippen LogP contribution is 2.27. The molecule has 1 N–H and O–H groups in total. The second-order valence-electron chi connectivity index (χ2n) is 4.93. The smallest absolute Gasteiger partial charge is 0.134 e. The Labute approximate surface area is 110 Å². The maximum atomic E-state index is 4.73. The van der Waals surface area contributed by atoms with Gasteiger partial charge in [-0.2, -0.15) is 0 Å². The van der Waals surface area contributed by atoms with Gasteiger partial charge in [-0.3, -0.25) is 0 Å². The topological polar surface area (TPSA) is 41.1 Å². The largest absolute Gasteiger partial charge is 0.373 e. The van der Waals surface area contributed by atoms with Crippen molar-refractivity contribution in [2.75, 3.05) is 23.8 Å². The van der Waals surface area contributed by atoms with Crippen LogP contribution in [0.15, 0.2) is 6.07 Å². The van der Waals surface area contributed by atoms with Gasteiger partial charge in [-0.15, -0.1) is 0 Å². The van der Waals surface area contributed by atoms with Crippen LogP contribution in [0, 0.1) is 0 Å². The van der Waals surface area contributed by atoms with Crippen LogP contribution >= 0.6 is 0 Å². The Hall–Kier alpha value is -1.32. The molecule has 0 radical (unpaired) electrons. The van der Waals surface area contributed by atoms with E-state index >= 15 is 0 Å². The van der Waals surface area contributed by atoms with E-state index in [2.05, 4.69) is 35.1 Å². The summed E-state index contributed by atoms with van der Waals surface area (Å²) in [5.74, 6) is 2.99. The molecule has 0 aliphatic carbocycles. The predicted molar refractivity (Wildman–Crippen MR) is 76.2 cm³/mol. The Morgan fingerprint density at radius 1 is 1.39 bits per heavy atom. The van der Waals surface area contributed by atoms with E-state index in [1.807, 2.05) is 7.05 Å². The third kappa shape index (κ3) is 2.74. The van der Waals surface area contributed by atoms with Crippen LogP contribution in [0.3, 0.4) is 0 Å². The summed E-state index contributed by atoms with van der Waals surface area (Å²) in [6.07, 6.45) is 5.80. The van der Waals surface area contributed by atoms with Crippen molar-refractivity contribution in [2.24, 2.45) is 0 Å². The maximum Gasteiger partial charge on any atom is 0.134 e. The number of nitrogens with one attached hydrogen (secondary N) is 1. The Bertz CT molecular complexity index is 391. The monoisotopic (exact) mass is 248 g/mol. The SMILES string of the molecule is CCCc1nc(NC)cc(N2CCCC2CC)n1. The van der Waals surface area contributed by atoms with E-state index in [-0.39, 0.29) is 0 Å². The molecule has 1 aromatic heterocycles. The maximum absolute atomic E-state index is 4.73. The summed E-state index contributed by atoms with van der Waals surface area (Å²) in [4.78, 5) is 11.7. The van der Waals surface area contributed by atoms with E-state index in [9.17, 15) is 0 Å².